The van der Waals surface area contributed by atoms with Crippen molar-refractivity contribution in [2.75, 3.05) is 11.5 Å². The molecular weight excluding hydrogens is 414 g/mol. The minimum atomic E-state index is -0.956. The number of amides is 4. The lowest BCUT2D eigenvalue weighted by Crippen LogP contribution is -2.54. The number of halogens is 1. The number of carbonyl (C=O) groups excluding carboxylic acids is 3. The van der Waals surface area contributed by atoms with E-state index in [4.69, 9.17) is 16.3 Å². The minimum Gasteiger partial charge on any atom is -0.488 e. The van der Waals surface area contributed by atoms with Gasteiger partial charge in [-0.1, -0.05) is 30.3 Å². The molecule has 152 valence electrons. The molecule has 0 unspecified atom stereocenters. The Morgan fingerprint density at radius 1 is 1.17 bits per heavy atom. The summed E-state index contributed by atoms with van der Waals surface area (Å²) in [6, 6.07) is 8.49. The number of non-ortho nitro benzene ring substituents is 1. The summed E-state index contributed by atoms with van der Waals surface area (Å²) in [5.41, 5.74) is 0.00259. The van der Waals surface area contributed by atoms with Crippen LogP contribution in [0, 0.1) is 10.1 Å². The molecule has 1 saturated heterocycles. The van der Waals surface area contributed by atoms with Gasteiger partial charge in [0.1, 0.15) is 17.9 Å². The van der Waals surface area contributed by atoms with Crippen LogP contribution in [-0.2, 0) is 9.59 Å². The summed E-state index contributed by atoms with van der Waals surface area (Å²) in [5, 5.41) is 13.1. The molecule has 1 heterocycles. The molecule has 10 heteroatoms. The van der Waals surface area contributed by atoms with Crippen molar-refractivity contribution < 1.29 is 24.0 Å². The molecule has 1 N–H and O–H groups in total. The number of hydrogen-bond acceptors (Lipinski definition) is 6. The van der Waals surface area contributed by atoms with Gasteiger partial charge in [0.05, 0.1) is 15.6 Å². The van der Waals surface area contributed by atoms with Gasteiger partial charge in [0.15, 0.2) is 0 Å². The first-order valence-electron chi connectivity index (χ1n) is 8.51. The molecule has 0 spiro atoms. The summed E-state index contributed by atoms with van der Waals surface area (Å²) in [4.78, 5) is 48.2. The number of rotatable bonds is 6. The Balaban J connectivity index is 1.93. The number of nitro benzene ring substituents is 1. The number of anilines is 1. The van der Waals surface area contributed by atoms with Gasteiger partial charge in [-0.25, -0.2) is 9.69 Å². The van der Waals surface area contributed by atoms with Crippen molar-refractivity contribution in [3.63, 3.8) is 0 Å². The van der Waals surface area contributed by atoms with E-state index in [9.17, 15) is 24.5 Å². The lowest BCUT2D eigenvalue weighted by Gasteiger charge is -2.26. The second-order valence-corrected chi connectivity index (χ2v) is 6.43. The molecule has 1 fully saturated rings. The Hall–Kier alpha value is -3.98. The Kier molecular flexibility index (Phi) is 5.93. The van der Waals surface area contributed by atoms with E-state index in [1.54, 1.807) is 18.2 Å². The topological polar surface area (TPSA) is 119 Å². The molecular formula is C20H14ClN3O6. The van der Waals surface area contributed by atoms with Crippen LogP contribution in [0.2, 0.25) is 5.02 Å². The van der Waals surface area contributed by atoms with Crippen molar-refractivity contribution in [1.29, 1.82) is 0 Å². The fraction of sp³-hybridized carbons (Fsp3) is 0.0500. The van der Waals surface area contributed by atoms with Gasteiger partial charge in [0, 0.05) is 12.1 Å². The summed E-state index contributed by atoms with van der Waals surface area (Å²) >= 11 is 6.15. The zero-order chi connectivity index (χ0) is 21.8. The minimum absolute atomic E-state index is 0.0766. The maximum Gasteiger partial charge on any atom is 0.335 e. The highest BCUT2D eigenvalue weighted by molar-refractivity contribution is 6.39. The molecule has 2 aromatic carbocycles. The van der Waals surface area contributed by atoms with Gasteiger partial charge in [-0.05, 0) is 35.9 Å². The van der Waals surface area contributed by atoms with Crippen LogP contribution in [0.4, 0.5) is 16.2 Å². The molecule has 0 atom stereocenters. The smallest absolute Gasteiger partial charge is 0.335 e. The van der Waals surface area contributed by atoms with Crippen LogP contribution in [0.25, 0.3) is 6.08 Å². The highest BCUT2D eigenvalue weighted by atomic mass is 35.5. The largest absolute Gasteiger partial charge is 0.488 e. The molecule has 0 bridgehead atoms. The fourth-order valence-electron chi connectivity index (χ4n) is 2.65. The van der Waals surface area contributed by atoms with Crippen LogP contribution >= 0.6 is 11.6 Å². The average Bonchev–Trinajstić information content (AvgIpc) is 2.70. The summed E-state index contributed by atoms with van der Waals surface area (Å²) in [5.74, 6) is -1.34. The van der Waals surface area contributed by atoms with E-state index >= 15 is 0 Å². The van der Waals surface area contributed by atoms with E-state index in [2.05, 4.69) is 11.9 Å². The Bertz CT molecular complexity index is 1090. The number of barbiturate groups is 1. The maximum atomic E-state index is 12.8. The van der Waals surface area contributed by atoms with Gasteiger partial charge in [-0.2, -0.15) is 0 Å². The number of imide groups is 2. The van der Waals surface area contributed by atoms with Crippen LogP contribution in [0.5, 0.6) is 5.75 Å². The molecule has 0 radical (unpaired) electrons. The van der Waals surface area contributed by atoms with E-state index in [1.807, 2.05) is 0 Å². The van der Waals surface area contributed by atoms with Crippen molar-refractivity contribution in [2.24, 2.45) is 0 Å². The van der Waals surface area contributed by atoms with Gasteiger partial charge < -0.3 is 4.74 Å². The number of urea groups is 1. The van der Waals surface area contributed by atoms with Crippen LogP contribution in [0.1, 0.15) is 5.56 Å². The van der Waals surface area contributed by atoms with Crippen LogP contribution < -0.4 is 15.0 Å². The molecule has 9 nitrogen and oxygen atoms in total. The highest BCUT2D eigenvalue weighted by Gasteiger charge is 2.37. The van der Waals surface area contributed by atoms with Crippen molar-refractivity contribution in [1.82, 2.24) is 5.32 Å². The van der Waals surface area contributed by atoms with E-state index in [0.29, 0.717) is 11.3 Å². The average molecular weight is 428 g/mol. The third-order valence-electron chi connectivity index (χ3n) is 4.04. The Morgan fingerprint density at radius 2 is 1.87 bits per heavy atom. The third kappa shape index (κ3) is 4.20. The van der Waals surface area contributed by atoms with E-state index in [-0.39, 0.29) is 28.6 Å². The monoisotopic (exact) mass is 427 g/mol. The zero-order valence-corrected chi connectivity index (χ0v) is 16.1. The zero-order valence-electron chi connectivity index (χ0n) is 15.3. The summed E-state index contributed by atoms with van der Waals surface area (Å²) in [7, 11) is 0. The maximum absolute atomic E-state index is 12.8. The summed E-state index contributed by atoms with van der Waals surface area (Å²) in [6.07, 6.45) is 2.84. The van der Waals surface area contributed by atoms with Gasteiger partial charge in [-0.3, -0.25) is 25.0 Å². The summed E-state index contributed by atoms with van der Waals surface area (Å²) < 4.78 is 5.37. The first-order chi connectivity index (χ1) is 14.3. The van der Waals surface area contributed by atoms with Crippen molar-refractivity contribution in [2.45, 2.75) is 0 Å². The normalized spacial score (nSPS) is 15.2. The second-order valence-electron chi connectivity index (χ2n) is 6.02. The number of carbonyl (C=O) groups is 3. The predicted octanol–water partition coefficient (Wildman–Crippen LogP) is 3.48. The Morgan fingerprint density at radius 3 is 2.47 bits per heavy atom. The van der Waals surface area contributed by atoms with Gasteiger partial charge in [0.25, 0.3) is 17.5 Å². The molecule has 2 aromatic rings. The number of benzene rings is 2. The number of hydrogen-bond donors (Lipinski definition) is 1. The number of ether oxygens (including phenoxy) is 1. The first kappa shape index (κ1) is 20.7. The molecule has 30 heavy (non-hydrogen) atoms. The SMILES string of the molecule is C=CCOc1ccc(C=C2C(=O)NC(=O)N(c3ccc([N+](=O)[O-])cc3)C2=O)cc1Cl. The quantitative estimate of drug-likeness (QED) is 0.248. The van der Waals surface area contributed by atoms with E-state index in [1.165, 1.54) is 24.3 Å². The van der Waals surface area contributed by atoms with Crippen molar-refractivity contribution in [3.8, 4) is 5.75 Å². The van der Waals surface area contributed by atoms with Crippen molar-refractivity contribution in [3.05, 3.63) is 81.4 Å². The van der Waals surface area contributed by atoms with E-state index < -0.39 is 22.8 Å². The van der Waals surface area contributed by atoms with Crippen molar-refractivity contribution >= 4 is 46.9 Å². The number of nitrogens with one attached hydrogen (secondary N) is 1. The first-order valence-corrected chi connectivity index (χ1v) is 8.88. The fourth-order valence-corrected chi connectivity index (χ4v) is 2.90. The third-order valence-corrected chi connectivity index (χ3v) is 4.34. The molecule has 1 aliphatic rings. The molecule has 3 rings (SSSR count). The number of nitro groups is 1. The van der Waals surface area contributed by atoms with Crippen LogP contribution in [-0.4, -0.2) is 29.4 Å². The van der Waals surface area contributed by atoms with Gasteiger partial charge in [0.2, 0.25) is 0 Å². The molecule has 1 aliphatic heterocycles. The van der Waals surface area contributed by atoms with Crippen LogP contribution in [0.3, 0.4) is 0 Å². The summed E-state index contributed by atoms with van der Waals surface area (Å²) in [6.45, 7) is 3.80. The van der Waals surface area contributed by atoms with E-state index in [0.717, 1.165) is 17.0 Å². The molecule has 4 amide bonds. The molecule has 0 saturated carbocycles. The highest BCUT2D eigenvalue weighted by Crippen LogP contribution is 2.28. The molecule has 0 aliphatic carbocycles. The lowest BCUT2D eigenvalue weighted by atomic mass is 10.1. The predicted molar refractivity (Wildman–Crippen MR) is 109 cm³/mol. The standard InChI is InChI=1S/C20H14ClN3O6/c1-2-9-30-17-8-3-12(11-16(17)21)10-15-18(25)22-20(27)23(19(15)26)13-4-6-14(7-5-13)24(28)29/h2-8,10-11H,1,9H2,(H,22,25,27). The molecule has 0 aromatic heterocycles. The van der Waals surface area contributed by atoms with Crippen LogP contribution in [0.15, 0.2) is 60.7 Å². The van der Waals surface area contributed by atoms with Gasteiger partial charge in [-0.15, -0.1) is 0 Å². The van der Waals surface area contributed by atoms with Gasteiger partial charge >= 0.3 is 6.03 Å². The Labute approximate surface area is 175 Å². The lowest BCUT2D eigenvalue weighted by molar-refractivity contribution is -0.384. The number of nitrogens with zero attached hydrogens (tertiary/aromatic N) is 2. The second kappa shape index (κ2) is 8.58.